The topological polar surface area (TPSA) is 38.0 Å². The van der Waals surface area contributed by atoms with E-state index >= 15 is 0 Å². The number of benzene rings is 1. The Bertz CT molecular complexity index is 299. The van der Waals surface area contributed by atoms with Crippen LogP contribution in [0.2, 0.25) is 0 Å². The molecular weight excluding hydrogens is 240 g/mol. The maximum absolute atomic E-state index is 5.49. The summed E-state index contributed by atoms with van der Waals surface area (Å²) >= 11 is 3.51. The molecule has 1 unspecified atom stereocenters. The molecule has 0 spiro atoms. The predicted octanol–water partition coefficient (Wildman–Crippen LogP) is 2.91. The highest BCUT2D eigenvalue weighted by Gasteiger charge is 2.01. The van der Waals surface area contributed by atoms with Crippen LogP contribution >= 0.6 is 15.9 Å². The van der Waals surface area contributed by atoms with Crippen molar-refractivity contribution in [3.63, 3.8) is 0 Å². The monoisotopic (exact) mass is 256 g/mol. The third kappa shape index (κ3) is 3.31. The first-order valence-corrected chi connectivity index (χ1v) is 5.65. The Morgan fingerprint density at radius 1 is 1.50 bits per heavy atom. The fraction of sp³-hybridized carbons (Fsp3) is 0.455. The van der Waals surface area contributed by atoms with Gasteiger partial charge in [-0.25, -0.2) is 0 Å². The number of hydrogen-bond acceptors (Lipinski definition) is 2. The van der Waals surface area contributed by atoms with Gasteiger partial charge in [-0.3, -0.25) is 0 Å². The molecule has 0 amide bonds. The van der Waals surface area contributed by atoms with Gasteiger partial charge in [0.1, 0.15) is 0 Å². The summed E-state index contributed by atoms with van der Waals surface area (Å²) in [7, 11) is 0. The van der Waals surface area contributed by atoms with Gasteiger partial charge in [0.15, 0.2) is 0 Å². The van der Waals surface area contributed by atoms with Crippen molar-refractivity contribution in [1.82, 2.24) is 0 Å². The molecule has 0 aliphatic heterocycles. The molecular formula is C11H17BrN2. The number of halogens is 1. The lowest BCUT2D eigenvalue weighted by Crippen LogP contribution is -2.19. The van der Waals surface area contributed by atoms with E-state index < -0.39 is 0 Å². The highest BCUT2D eigenvalue weighted by molar-refractivity contribution is 9.10. The fourth-order valence-electron chi connectivity index (χ4n) is 1.29. The summed E-state index contributed by atoms with van der Waals surface area (Å²) in [5, 5.41) is 3.40. The van der Waals surface area contributed by atoms with Crippen molar-refractivity contribution in [2.45, 2.75) is 26.3 Å². The van der Waals surface area contributed by atoms with Crippen molar-refractivity contribution < 1.29 is 0 Å². The van der Waals surface area contributed by atoms with Crippen molar-refractivity contribution in [3.8, 4) is 0 Å². The van der Waals surface area contributed by atoms with Crippen LogP contribution in [0.3, 0.4) is 0 Å². The van der Waals surface area contributed by atoms with Gasteiger partial charge in [-0.1, -0.05) is 22.0 Å². The smallest absolute Gasteiger partial charge is 0.0353 e. The lowest BCUT2D eigenvalue weighted by Gasteiger charge is -2.14. The van der Waals surface area contributed by atoms with E-state index in [1.54, 1.807) is 0 Å². The van der Waals surface area contributed by atoms with Crippen LogP contribution in [-0.4, -0.2) is 12.6 Å². The molecule has 1 aromatic carbocycles. The molecule has 78 valence electrons. The number of aryl methyl sites for hydroxylation is 1. The summed E-state index contributed by atoms with van der Waals surface area (Å²) in [6, 6.07) is 6.71. The summed E-state index contributed by atoms with van der Waals surface area (Å²) < 4.78 is 1.14. The summed E-state index contributed by atoms with van der Waals surface area (Å²) in [5.74, 6) is 0. The van der Waals surface area contributed by atoms with Crippen molar-refractivity contribution >= 4 is 21.6 Å². The fourth-order valence-corrected chi connectivity index (χ4v) is 1.67. The molecule has 1 aromatic rings. The van der Waals surface area contributed by atoms with Crippen LogP contribution in [0, 0.1) is 6.92 Å². The maximum atomic E-state index is 5.49. The van der Waals surface area contributed by atoms with E-state index in [1.807, 2.05) is 0 Å². The molecule has 0 bridgehead atoms. The van der Waals surface area contributed by atoms with Crippen molar-refractivity contribution in [2.24, 2.45) is 5.73 Å². The molecule has 0 saturated carbocycles. The zero-order valence-electron chi connectivity index (χ0n) is 8.68. The molecule has 1 rings (SSSR count). The average Bonchev–Trinajstić information content (AvgIpc) is 2.12. The number of nitrogens with one attached hydrogen (secondary N) is 1. The minimum Gasteiger partial charge on any atom is -0.383 e. The van der Waals surface area contributed by atoms with Crippen molar-refractivity contribution in [1.29, 1.82) is 0 Å². The number of hydrogen-bond donors (Lipinski definition) is 2. The van der Waals surface area contributed by atoms with Gasteiger partial charge < -0.3 is 11.1 Å². The second kappa shape index (κ2) is 5.37. The van der Waals surface area contributed by atoms with Gasteiger partial charge in [0.2, 0.25) is 0 Å². The second-order valence-electron chi connectivity index (χ2n) is 3.59. The standard InChI is InChI=1S/C11H17BrN2/c1-8-3-4-10(7-11(8)12)14-9(2)5-6-13/h3-4,7,9,14H,5-6,13H2,1-2H3. The molecule has 0 aliphatic carbocycles. The molecule has 0 saturated heterocycles. The van der Waals surface area contributed by atoms with Crippen molar-refractivity contribution in [2.75, 3.05) is 11.9 Å². The zero-order chi connectivity index (χ0) is 10.6. The van der Waals surface area contributed by atoms with Crippen LogP contribution in [-0.2, 0) is 0 Å². The van der Waals surface area contributed by atoms with E-state index in [1.165, 1.54) is 5.56 Å². The molecule has 0 aliphatic rings. The van der Waals surface area contributed by atoms with Gasteiger partial charge >= 0.3 is 0 Å². The van der Waals surface area contributed by atoms with E-state index in [0.717, 1.165) is 23.1 Å². The van der Waals surface area contributed by atoms with Crippen LogP contribution < -0.4 is 11.1 Å². The van der Waals surface area contributed by atoms with E-state index in [9.17, 15) is 0 Å². The molecule has 3 heteroatoms. The Morgan fingerprint density at radius 2 is 2.21 bits per heavy atom. The highest BCUT2D eigenvalue weighted by Crippen LogP contribution is 2.21. The Kier molecular flexibility index (Phi) is 4.42. The molecule has 0 aromatic heterocycles. The van der Waals surface area contributed by atoms with E-state index in [-0.39, 0.29) is 0 Å². The molecule has 0 fully saturated rings. The third-order valence-corrected chi connectivity index (χ3v) is 3.04. The average molecular weight is 257 g/mol. The van der Waals surface area contributed by atoms with Gasteiger partial charge in [0, 0.05) is 16.2 Å². The Balaban J connectivity index is 2.63. The number of anilines is 1. The van der Waals surface area contributed by atoms with E-state index in [0.29, 0.717) is 6.04 Å². The first kappa shape index (κ1) is 11.5. The van der Waals surface area contributed by atoms with Gasteiger partial charge in [-0.2, -0.15) is 0 Å². The second-order valence-corrected chi connectivity index (χ2v) is 4.44. The molecule has 1 atom stereocenters. The molecule has 2 nitrogen and oxygen atoms in total. The Labute approximate surface area is 94.0 Å². The van der Waals surface area contributed by atoms with Gasteiger partial charge in [0.05, 0.1) is 0 Å². The quantitative estimate of drug-likeness (QED) is 0.870. The number of rotatable bonds is 4. The van der Waals surface area contributed by atoms with Crippen LogP contribution in [0.4, 0.5) is 5.69 Å². The van der Waals surface area contributed by atoms with E-state index in [4.69, 9.17) is 5.73 Å². The van der Waals surface area contributed by atoms with Gasteiger partial charge in [-0.15, -0.1) is 0 Å². The van der Waals surface area contributed by atoms with Crippen LogP contribution in [0.25, 0.3) is 0 Å². The van der Waals surface area contributed by atoms with E-state index in [2.05, 4.69) is 53.3 Å². The predicted molar refractivity (Wildman–Crippen MR) is 65.6 cm³/mol. The molecule has 3 N–H and O–H groups in total. The lowest BCUT2D eigenvalue weighted by atomic mass is 10.2. The summed E-state index contributed by atoms with van der Waals surface area (Å²) in [6.45, 7) is 4.94. The van der Waals surface area contributed by atoms with Gasteiger partial charge in [0.25, 0.3) is 0 Å². The minimum atomic E-state index is 0.426. The first-order valence-electron chi connectivity index (χ1n) is 4.86. The minimum absolute atomic E-state index is 0.426. The molecule has 0 radical (unpaired) electrons. The molecule has 0 heterocycles. The number of nitrogens with two attached hydrogens (primary N) is 1. The summed E-state index contributed by atoms with van der Waals surface area (Å²) in [6.07, 6.45) is 0.992. The maximum Gasteiger partial charge on any atom is 0.0353 e. The van der Waals surface area contributed by atoms with Crippen LogP contribution in [0.1, 0.15) is 18.9 Å². The Morgan fingerprint density at radius 3 is 2.79 bits per heavy atom. The summed E-state index contributed by atoms with van der Waals surface area (Å²) in [5.41, 5.74) is 7.88. The highest BCUT2D eigenvalue weighted by atomic mass is 79.9. The zero-order valence-corrected chi connectivity index (χ0v) is 10.3. The normalized spacial score (nSPS) is 12.6. The SMILES string of the molecule is Cc1ccc(NC(C)CCN)cc1Br. The van der Waals surface area contributed by atoms with Crippen molar-refractivity contribution in [3.05, 3.63) is 28.2 Å². The Hall–Kier alpha value is -0.540. The largest absolute Gasteiger partial charge is 0.383 e. The van der Waals surface area contributed by atoms with Crippen LogP contribution in [0.15, 0.2) is 22.7 Å². The molecule has 14 heavy (non-hydrogen) atoms. The summed E-state index contributed by atoms with van der Waals surface area (Å²) in [4.78, 5) is 0. The van der Waals surface area contributed by atoms with Gasteiger partial charge in [-0.05, 0) is 44.5 Å². The third-order valence-electron chi connectivity index (χ3n) is 2.18. The first-order chi connectivity index (χ1) is 6.63. The lowest BCUT2D eigenvalue weighted by molar-refractivity contribution is 0.717. The van der Waals surface area contributed by atoms with Crippen LogP contribution in [0.5, 0.6) is 0 Å².